The number of hydrogen-bond donors (Lipinski definition) is 1. The van der Waals surface area contributed by atoms with E-state index >= 15 is 0 Å². The number of fused-ring (bicyclic) bond motifs is 2. The molecule has 1 aromatic carbocycles. The highest BCUT2D eigenvalue weighted by Gasteiger charge is 2.46. The molecule has 0 radical (unpaired) electrons. The molecule has 5 atom stereocenters. The Bertz CT molecular complexity index is 640. The van der Waals surface area contributed by atoms with Gasteiger partial charge in [0.15, 0.2) is 0 Å². The van der Waals surface area contributed by atoms with Crippen LogP contribution in [0.4, 0.5) is 0 Å². The number of hydrogen-bond acceptors (Lipinski definition) is 2. The Balaban J connectivity index is 1.49. The number of carboxylic acid groups (broad SMARTS) is 1. The van der Waals surface area contributed by atoms with Crippen LogP contribution in [0.3, 0.4) is 0 Å². The molecule has 4 heteroatoms. The van der Waals surface area contributed by atoms with Crippen LogP contribution in [0.1, 0.15) is 50.5 Å². The Hall–Kier alpha value is -1.42. The molecule has 142 valence electrons. The molecular weight excluding hydrogens is 344 g/mol. The Morgan fingerprint density at radius 3 is 2.58 bits per heavy atom. The SMILES string of the molecule is O=C(O)CCCC=CC[C@H]1[C@H]2CC[C@H](C2)[C@H]1CS(=O)Cc1ccccc1. The van der Waals surface area contributed by atoms with Crippen molar-refractivity contribution in [3.8, 4) is 0 Å². The monoisotopic (exact) mass is 374 g/mol. The van der Waals surface area contributed by atoms with E-state index in [0.717, 1.165) is 30.4 Å². The van der Waals surface area contributed by atoms with E-state index in [4.69, 9.17) is 5.11 Å². The Labute approximate surface area is 159 Å². The number of rotatable bonds is 10. The van der Waals surface area contributed by atoms with Gasteiger partial charge in [-0.2, -0.15) is 0 Å². The molecule has 3 rings (SSSR count). The predicted octanol–water partition coefficient (Wildman–Crippen LogP) is 4.80. The minimum absolute atomic E-state index is 0.250. The third-order valence-electron chi connectivity index (χ3n) is 6.16. The average molecular weight is 375 g/mol. The van der Waals surface area contributed by atoms with E-state index in [9.17, 15) is 9.00 Å². The van der Waals surface area contributed by atoms with Crippen molar-refractivity contribution < 1.29 is 14.1 Å². The zero-order valence-electron chi connectivity index (χ0n) is 15.4. The van der Waals surface area contributed by atoms with Crippen LogP contribution in [0.2, 0.25) is 0 Å². The highest BCUT2D eigenvalue weighted by molar-refractivity contribution is 7.84. The van der Waals surface area contributed by atoms with Gasteiger partial charge < -0.3 is 5.11 Å². The largest absolute Gasteiger partial charge is 0.481 e. The second kappa shape index (κ2) is 9.50. The van der Waals surface area contributed by atoms with Crippen molar-refractivity contribution in [3.05, 3.63) is 48.0 Å². The highest BCUT2D eigenvalue weighted by atomic mass is 32.2. The third-order valence-corrected chi connectivity index (χ3v) is 7.57. The van der Waals surface area contributed by atoms with E-state index < -0.39 is 16.8 Å². The standard InChI is InChI=1S/C22H30O3S/c23-22(24)11-7-2-1-6-10-20-18-12-13-19(14-18)21(20)16-26(25)15-17-8-4-3-5-9-17/h1,3-6,8-9,18-21H,2,7,10-16H2,(H,23,24)/t18-,19+,20-,21+,26?/m0/s1. The summed E-state index contributed by atoms with van der Waals surface area (Å²) in [4.78, 5) is 10.6. The first-order valence-electron chi connectivity index (χ1n) is 9.89. The maximum atomic E-state index is 12.7. The van der Waals surface area contributed by atoms with E-state index in [1.54, 1.807) is 0 Å². The second-order valence-electron chi connectivity index (χ2n) is 7.89. The molecule has 2 saturated carbocycles. The molecule has 3 nitrogen and oxygen atoms in total. The fourth-order valence-corrected chi connectivity index (χ4v) is 6.56. The lowest BCUT2D eigenvalue weighted by Crippen LogP contribution is -2.27. The van der Waals surface area contributed by atoms with Crippen molar-refractivity contribution in [2.24, 2.45) is 23.7 Å². The zero-order chi connectivity index (χ0) is 18.4. The van der Waals surface area contributed by atoms with Crippen LogP contribution in [0, 0.1) is 23.7 Å². The zero-order valence-corrected chi connectivity index (χ0v) is 16.2. The van der Waals surface area contributed by atoms with Gasteiger partial charge in [0.2, 0.25) is 0 Å². The van der Waals surface area contributed by atoms with Crippen molar-refractivity contribution >= 4 is 16.8 Å². The lowest BCUT2D eigenvalue weighted by Gasteiger charge is -2.30. The lowest BCUT2D eigenvalue weighted by atomic mass is 9.78. The molecule has 0 aliphatic heterocycles. The molecule has 1 unspecified atom stereocenters. The average Bonchev–Trinajstić information content (AvgIpc) is 3.21. The van der Waals surface area contributed by atoms with Gasteiger partial charge in [-0.1, -0.05) is 42.5 Å². The van der Waals surface area contributed by atoms with Crippen molar-refractivity contribution in [3.63, 3.8) is 0 Å². The summed E-state index contributed by atoms with van der Waals surface area (Å²) in [6, 6.07) is 10.2. The minimum Gasteiger partial charge on any atom is -0.481 e. The molecule has 0 aromatic heterocycles. The lowest BCUT2D eigenvalue weighted by molar-refractivity contribution is -0.137. The Morgan fingerprint density at radius 2 is 1.85 bits per heavy atom. The predicted molar refractivity (Wildman–Crippen MR) is 106 cm³/mol. The van der Waals surface area contributed by atoms with E-state index in [2.05, 4.69) is 24.3 Å². The van der Waals surface area contributed by atoms with Gasteiger partial charge in [-0.05, 0) is 67.8 Å². The van der Waals surface area contributed by atoms with Crippen LogP contribution >= 0.6 is 0 Å². The van der Waals surface area contributed by atoms with E-state index in [1.165, 1.54) is 24.8 Å². The maximum absolute atomic E-state index is 12.7. The minimum atomic E-state index is -0.788. The molecule has 0 amide bonds. The summed E-state index contributed by atoms with van der Waals surface area (Å²) in [5, 5.41) is 8.69. The first kappa shape index (κ1) is 19.3. The van der Waals surface area contributed by atoms with Crippen LogP contribution in [0.15, 0.2) is 42.5 Å². The van der Waals surface area contributed by atoms with Gasteiger partial charge in [-0.25, -0.2) is 0 Å². The summed E-state index contributed by atoms with van der Waals surface area (Å²) in [6.45, 7) is 0. The number of carbonyl (C=O) groups is 1. The van der Waals surface area contributed by atoms with Crippen LogP contribution < -0.4 is 0 Å². The molecule has 0 spiro atoms. The summed E-state index contributed by atoms with van der Waals surface area (Å²) in [6.07, 6.45) is 11.3. The van der Waals surface area contributed by atoms with Gasteiger partial charge in [0, 0.05) is 28.7 Å². The molecule has 2 fully saturated rings. The van der Waals surface area contributed by atoms with E-state index in [0.29, 0.717) is 24.0 Å². The topological polar surface area (TPSA) is 54.4 Å². The van der Waals surface area contributed by atoms with Crippen molar-refractivity contribution in [2.45, 2.75) is 50.7 Å². The summed E-state index contributed by atoms with van der Waals surface area (Å²) >= 11 is 0. The molecule has 0 heterocycles. The van der Waals surface area contributed by atoms with Gasteiger partial charge in [0.05, 0.1) is 0 Å². The van der Waals surface area contributed by atoms with Crippen LogP contribution in [0.25, 0.3) is 0 Å². The second-order valence-corrected chi connectivity index (χ2v) is 9.39. The maximum Gasteiger partial charge on any atom is 0.303 e. The fraction of sp³-hybridized carbons (Fsp3) is 0.591. The van der Waals surface area contributed by atoms with Gasteiger partial charge in [-0.3, -0.25) is 9.00 Å². The van der Waals surface area contributed by atoms with Crippen LogP contribution in [-0.4, -0.2) is 21.0 Å². The van der Waals surface area contributed by atoms with Gasteiger partial charge in [0.25, 0.3) is 0 Å². The van der Waals surface area contributed by atoms with Gasteiger partial charge in [0.1, 0.15) is 0 Å². The van der Waals surface area contributed by atoms with Crippen molar-refractivity contribution in [1.29, 1.82) is 0 Å². The molecule has 2 aliphatic rings. The molecule has 2 bridgehead atoms. The molecule has 2 aliphatic carbocycles. The third kappa shape index (κ3) is 5.29. The number of aliphatic carboxylic acids is 1. The van der Waals surface area contributed by atoms with Crippen molar-refractivity contribution in [2.75, 3.05) is 5.75 Å². The van der Waals surface area contributed by atoms with Gasteiger partial charge in [-0.15, -0.1) is 0 Å². The first-order chi connectivity index (χ1) is 12.6. The van der Waals surface area contributed by atoms with Crippen LogP contribution in [0.5, 0.6) is 0 Å². The quantitative estimate of drug-likeness (QED) is 0.473. The summed E-state index contributed by atoms with van der Waals surface area (Å²) < 4.78 is 12.7. The number of unbranched alkanes of at least 4 members (excludes halogenated alkanes) is 1. The highest BCUT2D eigenvalue weighted by Crippen LogP contribution is 2.53. The van der Waals surface area contributed by atoms with Crippen molar-refractivity contribution in [1.82, 2.24) is 0 Å². The number of allylic oxidation sites excluding steroid dienone is 2. The fourth-order valence-electron chi connectivity index (χ4n) is 4.93. The molecule has 1 aromatic rings. The summed E-state index contributed by atoms with van der Waals surface area (Å²) in [5.74, 6) is 3.64. The molecule has 26 heavy (non-hydrogen) atoms. The Kier molecular flexibility index (Phi) is 7.07. The number of benzene rings is 1. The first-order valence-corrected chi connectivity index (χ1v) is 11.4. The number of carboxylic acids is 1. The Morgan fingerprint density at radius 1 is 1.12 bits per heavy atom. The van der Waals surface area contributed by atoms with Gasteiger partial charge >= 0.3 is 5.97 Å². The summed E-state index contributed by atoms with van der Waals surface area (Å²) in [7, 11) is -0.788. The molecular formula is C22H30O3S. The van der Waals surface area contributed by atoms with E-state index in [1.807, 2.05) is 18.2 Å². The summed E-state index contributed by atoms with van der Waals surface area (Å²) in [5.41, 5.74) is 1.17. The van der Waals surface area contributed by atoms with Crippen LogP contribution in [-0.2, 0) is 21.3 Å². The smallest absolute Gasteiger partial charge is 0.303 e. The normalized spacial score (nSPS) is 28.6. The molecule has 1 N–H and O–H groups in total. The van der Waals surface area contributed by atoms with E-state index in [-0.39, 0.29) is 6.42 Å². The molecule has 0 saturated heterocycles.